The van der Waals surface area contributed by atoms with Gasteiger partial charge in [-0.25, -0.2) is 4.79 Å². The van der Waals surface area contributed by atoms with Gasteiger partial charge in [0.25, 0.3) is 0 Å². The Hall–Kier alpha value is -2.70. The highest BCUT2D eigenvalue weighted by Gasteiger charge is 2.24. The van der Waals surface area contributed by atoms with Crippen molar-refractivity contribution in [1.29, 1.82) is 0 Å². The predicted octanol–water partition coefficient (Wildman–Crippen LogP) is 3.22. The molecule has 1 aromatic carbocycles. The first kappa shape index (κ1) is 19.1. The first-order chi connectivity index (χ1) is 12.9. The smallest absolute Gasteiger partial charge is 0.330 e. The SMILES string of the molecule is Cc1cc(C)cc(C(NC(=O)CCc2nc(C3CCCC3)no2)C(=O)O)c1. The first-order valence-corrected chi connectivity index (χ1v) is 9.35. The second-order valence-electron chi connectivity index (χ2n) is 7.29. The monoisotopic (exact) mass is 371 g/mol. The quantitative estimate of drug-likeness (QED) is 0.774. The van der Waals surface area contributed by atoms with Crippen LogP contribution in [-0.4, -0.2) is 27.1 Å². The average Bonchev–Trinajstić information content (AvgIpc) is 3.27. The molecule has 1 aliphatic carbocycles. The highest BCUT2D eigenvalue weighted by Crippen LogP contribution is 2.32. The summed E-state index contributed by atoms with van der Waals surface area (Å²) >= 11 is 0. The third-order valence-corrected chi connectivity index (χ3v) is 4.90. The highest BCUT2D eigenvalue weighted by atomic mass is 16.5. The van der Waals surface area contributed by atoms with Crippen LogP contribution in [0.1, 0.15) is 72.5 Å². The van der Waals surface area contributed by atoms with Crippen molar-refractivity contribution in [3.8, 4) is 0 Å². The predicted molar refractivity (Wildman–Crippen MR) is 98.3 cm³/mol. The molecular formula is C20H25N3O4. The lowest BCUT2D eigenvalue weighted by Gasteiger charge is -2.16. The summed E-state index contributed by atoms with van der Waals surface area (Å²) in [4.78, 5) is 28.3. The number of carboxylic acids is 1. The summed E-state index contributed by atoms with van der Waals surface area (Å²) in [6.45, 7) is 3.80. The topological polar surface area (TPSA) is 105 Å². The van der Waals surface area contributed by atoms with E-state index in [-0.39, 0.29) is 12.3 Å². The minimum Gasteiger partial charge on any atom is -0.479 e. The molecule has 1 unspecified atom stereocenters. The van der Waals surface area contributed by atoms with E-state index in [1.165, 1.54) is 12.8 Å². The Bertz CT molecular complexity index is 804. The zero-order chi connectivity index (χ0) is 19.4. The number of carbonyl (C=O) groups is 2. The molecule has 0 radical (unpaired) electrons. The molecule has 2 N–H and O–H groups in total. The third-order valence-electron chi connectivity index (χ3n) is 4.90. The molecule has 0 saturated heterocycles. The summed E-state index contributed by atoms with van der Waals surface area (Å²) in [6.07, 6.45) is 4.93. The van der Waals surface area contributed by atoms with Crippen molar-refractivity contribution in [2.24, 2.45) is 0 Å². The van der Waals surface area contributed by atoms with Crippen molar-refractivity contribution in [2.45, 2.75) is 64.3 Å². The lowest BCUT2D eigenvalue weighted by molar-refractivity contribution is -0.142. The number of amides is 1. The maximum absolute atomic E-state index is 12.3. The Morgan fingerprint density at radius 3 is 2.52 bits per heavy atom. The molecule has 0 aliphatic heterocycles. The van der Waals surface area contributed by atoms with Crippen molar-refractivity contribution in [3.05, 3.63) is 46.6 Å². The van der Waals surface area contributed by atoms with E-state index >= 15 is 0 Å². The number of aromatic nitrogens is 2. The van der Waals surface area contributed by atoms with Crippen molar-refractivity contribution >= 4 is 11.9 Å². The fraction of sp³-hybridized carbons (Fsp3) is 0.500. The molecule has 27 heavy (non-hydrogen) atoms. The van der Waals surface area contributed by atoms with Crippen LogP contribution in [0.15, 0.2) is 22.7 Å². The third kappa shape index (κ3) is 4.93. The van der Waals surface area contributed by atoms with Gasteiger partial charge in [-0.3, -0.25) is 4.79 Å². The Morgan fingerprint density at radius 2 is 1.89 bits per heavy atom. The zero-order valence-electron chi connectivity index (χ0n) is 15.7. The number of carbonyl (C=O) groups excluding carboxylic acids is 1. The molecule has 1 atom stereocenters. The second kappa shape index (κ2) is 8.33. The molecule has 1 heterocycles. The summed E-state index contributed by atoms with van der Waals surface area (Å²) < 4.78 is 5.24. The van der Waals surface area contributed by atoms with E-state index in [2.05, 4.69) is 15.5 Å². The van der Waals surface area contributed by atoms with Crippen LogP contribution in [0.2, 0.25) is 0 Å². The van der Waals surface area contributed by atoms with Crippen molar-refractivity contribution in [1.82, 2.24) is 15.5 Å². The number of nitrogens with one attached hydrogen (secondary N) is 1. The minimum atomic E-state index is -1.09. The summed E-state index contributed by atoms with van der Waals surface area (Å²) in [7, 11) is 0. The fourth-order valence-electron chi connectivity index (χ4n) is 3.64. The van der Waals surface area contributed by atoms with Crippen molar-refractivity contribution in [2.75, 3.05) is 0 Å². The van der Waals surface area contributed by atoms with E-state index in [1.54, 1.807) is 12.1 Å². The Kier molecular flexibility index (Phi) is 5.88. The summed E-state index contributed by atoms with van der Waals surface area (Å²) in [5.41, 5.74) is 2.47. The molecule has 1 aromatic heterocycles. The lowest BCUT2D eigenvalue weighted by atomic mass is 10.0. The molecule has 2 aromatic rings. The van der Waals surface area contributed by atoms with E-state index < -0.39 is 12.0 Å². The molecule has 0 spiro atoms. The molecular weight excluding hydrogens is 346 g/mol. The number of nitrogens with zero attached hydrogens (tertiary/aromatic N) is 2. The molecule has 144 valence electrons. The van der Waals surface area contributed by atoms with E-state index in [0.29, 0.717) is 23.8 Å². The van der Waals surface area contributed by atoms with Gasteiger partial charge in [-0.15, -0.1) is 0 Å². The summed E-state index contributed by atoms with van der Waals surface area (Å²) in [6, 6.07) is 4.44. The van der Waals surface area contributed by atoms with Crippen LogP contribution in [0.4, 0.5) is 0 Å². The van der Waals surface area contributed by atoms with Gasteiger partial charge in [0.2, 0.25) is 11.8 Å². The summed E-state index contributed by atoms with van der Waals surface area (Å²) in [5, 5.41) is 16.1. The van der Waals surface area contributed by atoms with Gasteiger partial charge < -0.3 is 14.9 Å². The van der Waals surface area contributed by atoms with Gasteiger partial charge in [0.1, 0.15) is 0 Å². The number of hydrogen-bond donors (Lipinski definition) is 2. The van der Waals surface area contributed by atoms with Gasteiger partial charge in [-0.1, -0.05) is 47.3 Å². The van der Waals surface area contributed by atoms with Crippen LogP contribution in [0.25, 0.3) is 0 Å². The number of rotatable bonds is 7. The van der Waals surface area contributed by atoms with Gasteiger partial charge in [0.15, 0.2) is 11.9 Å². The number of aliphatic carboxylic acids is 1. The molecule has 1 fully saturated rings. The van der Waals surface area contributed by atoms with Gasteiger partial charge in [-0.2, -0.15) is 4.98 Å². The van der Waals surface area contributed by atoms with Crippen LogP contribution < -0.4 is 5.32 Å². The van der Waals surface area contributed by atoms with Crippen LogP contribution in [-0.2, 0) is 16.0 Å². The Labute approximate surface area is 158 Å². The molecule has 1 aliphatic rings. The normalized spacial score (nSPS) is 15.6. The Morgan fingerprint density at radius 1 is 1.22 bits per heavy atom. The minimum absolute atomic E-state index is 0.0981. The van der Waals surface area contributed by atoms with Crippen LogP contribution in [0.3, 0.4) is 0 Å². The average molecular weight is 371 g/mol. The first-order valence-electron chi connectivity index (χ1n) is 9.35. The molecule has 7 nitrogen and oxygen atoms in total. The van der Waals surface area contributed by atoms with Crippen LogP contribution >= 0.6 is 0 Å². The number of hydrogen-bond acceptors (Lipinski definition) is 5. The van der Waals surface area contributed by atoms with Gasteiger partial charge in [0.05, 0.1) is 0 Å². The number of benzene rings is 1. The van der Waals surface area contributed by atoms with E-state index in [4.69, 9.17) is 4.52 Å². The van der Waals surface area contributed by atoms with Crippen LogP contribution in [0.5, 0.6) is 0 Å². The molecule has 7 heteroatoms. The molecule has 0 bridgehead atoms. The molecule has 1 amide bonds. The van der Waals surface area contributed by atoms with Crippen molar-refractivity contribution in [3.63, 3.8) is 0 Å². The van der Waals surface area contributed by atoms with Gasteiger partial charge in [-0.05, 0) is 32.3 Å². The van der Waals surface area contributed by atoms with E-state index in [9.17, 15) is 14.7 Å². The number of carboxylic acid groups (broad SMARTS) is 1. The van der Waals surface area contributed by atoms with Gasteiger partial charge >= 0.3 is 5.97 Å². The van der Waals surface area contributed by atoms with Gasteiger partial charge in [0, 0.05) is 18.8 Å². The lowest BCUT2D eigenvalue weighted by Crippen LogP contribution is -2.34. The van der Waals surface area contributed by atoms with E-state index in [1.807, 2.05) is 19.9 Å². The second-order valence-corrected chi connectivity index (χ2v) is 7.29. The maximum atomic E-state index is 12.3. The summed E-state index contributed by atoms with van der Waals surface area (Å²) in [5.74, 6) is 0.0565. The van der Waals surface area contributed by atoms with E-state index in [0.717, 1.165) is 29.8 Å². The Balaban J connectivity index is 1.59. The maximum Gasteiger partial charge on any atom is 0.330 e. The van der Waals surface area contributed by atoms with Crippen LogP contribution in [0, 0.1) is 13.8 Å². The standard InChI is InChI=1S/C20H25N3O4/c1-12-9-13(2)11-15(10-12)18(20(25)26)21-16(24)7-8-17-22-19(23-27-17)14-5-3-4-6-14/h9-11,14,18H,3-8H2,1-2H3,(H,21,24)(H,25,26). The van der Waals surface area contributed by atoms with Crippen molar-refractivity contribution < 1.29 is 19.2 Å². The zero-order valence-corrected chi connectivity index (χ0v) is 15.7. The highest BCUT2D eigenvalue weighted by molar-refractivity contribution is 5.84. The largest absolute Gasteiger partial charge is 0.479 e. The number of aryl methyl sites for hydroxylation is 3. The molecule has 1 saturated carbocycles. The molecule has 3 rings (SSSR count). The fourth-order valence-corrected chi connectivity index (χ4v) is 3.64.